The summed E-state index contributed by atoms with van der Waals surface area (Å²) >= 11 is 0. The molecule has 0 spiro atoms. The molecule has 1 unspecified atom stereocenters. The number of benzene rings is 2. The molecule has 0 bridgehead atoms. The van der Waals surface area contributed by atoms with Crippen LogP contribution >= 0.6 is 0 Å². The predicted molar refractivity (Wildman–Crippen MR) is 90.9 cm³/mol. The zero-order valence-corrected chi connectivity index (χ0v) is 13.3. The van der Waals surface area contributed by atoms with Crippen molar-refractivity contribution in [1.29, 1.82) is 0 Å². The Hall–Kier alpha value is -1.54. The number of nitrogens with two attached hydrogens (primary N) is 1. The van der Waals surface area contributed by atoms with Gasteiger partial charge in [0, 0.05) is 11.6 Å². The Bertz CT molecular complexity index is 562. The fraction of sp³-hybridized carbons (Fsp3) is 0.474. The summed E-state index contributed by atoms with van der Waals surface area (Å²) in [5, 5.41) is 2.52. The Labute approximate surface area is 128 Å². The van der Waals surface area contributed by atoms with Crippen molar-refractivity contribution in [2.24, 2.45) is 5.73 Å². The van der Waals surface area contributed by atoms with Crippen LogP contribution in [-0.2, 0) is 6.42 Å². The molecule has 0 aromatic heterocycles. The lowest BCUT2D eigenvalue weighted by Gasteiger charge is -2.16. The van der Waals surface area contributed by atoms with Gasteiger partial charge in [-0.25, -0.2) is 0 Å². The first-order chi connectivity index (χ1) is 10.2. The Morgan fingerprint density at radius 1 is 1.05 bits per heavy atom. The summed E-state index contributed by atoms with van der Waals surface area (Å²) in [7, 11) is 0. The molecule has 2 N–H and O–H groups in total. The molecule has 0 fully saturated rings. The van der Waals surface area contributed by atoms with Crippen molar-refractivity contribution in [1.82, 2.24) is 0 Å². The summed E-state index contributed by atoms with van der Waals surface area (Å²) in [4.78, 5) is 0. The minimum atomic E-state index is 0.137. The lowest BCUT2D eigenvalue weighted by atomic mass is 9.98. The van der Waals surface area contributed by atoms with E-state index in [1.807, 2.05) is 6.92 Å². The highest BCUT2D eigenvalue weighted by Gasteiger charge is 2.10. The van der Waals surface area contributed by atoms with Gasteiger partial charge in [-0.05, 0) is 36.6 Å². The van der Waals surface area contributed by atoms with Gasteiger partial charge in [0.25, 0.3) is 0 Å². The van der Waals surface area contributed by atoms with Crippen LogP contribution in [0.5, 0.6) is 5.75 Å². The van der Waals surface area contributed by atoms with Gasteiger partial charge in [0.1, 0.15) is 5.75 Å². The second-order valence-electron chi connectivity index (χ2n) is 5.85. The van der Waals surface area contributed by atoms with Crippen molar-refractivity contribution in [3.8, 4) is 5.75 Å². The van der Waals surface area contributed by atoms with Gasteiger partial charge >= 0.3 is 0 Å². The van der Waals surface area contributed by atoms with Crippen molar-refractivity contribution >= 4 is 10.8 Å². The normalized spacial score (nSPS) is 12.5. The van der Waals surface area contributed by atoms with E-state index in [9.17, 15) is 0 Å². The first-order valence-electron chi connectivity index (χ1n) is 8.11. The third kappa shape index (κ3) is 4.47. The summed E-state index contributed by atoms with van der Waals surface area (Å²) in [5.74, 6) is 1.00. The van der Waals surface area contributed by atoms with E-state index in [4.69, 9.17) is 10.5 Å². The van der Waals surface area contributed by atoms with Gasteiger partial charge in [0.05, 0.1) is 6.61 Å². The van der Waals surface area contributed by atoms with Crippen LogP contribution < -0.4 is 10.5 Å². The number of unbranched alkanes of at least 4 members (excludes halogenated alkanes) is 3. The number of hydrogen-bond donors (Lipinski definition) is 1. The van der Waals surface area contributed by atoms with Gasteiger partial charge in [-0.2, -0.15) is 0 Å². The van der Waals surface area contributed by atoms with Gasteiger partial charge in [0.15, 0.2) is 0 Å². The standard InChI is InChI=1S/C19H27NO/c1-3-4-5-8-13-21-19-12-11-16-9-6-7-10-17(16)18(19)14-15(2)20/h6-7,9-12,15H,3-5,8,13-14,20H2,1-2H3. The van der Waals surface area contributed by atoms with Crippen LogP contribution in [0.1, 0.15) is 45.1 Å². The summed E-state index contributed by atoms with van der Waals surface area (Å²) in [5.41, 5.74) is 7.27. The van der Waals surface area contributed by atoms with Crippen LogP contribution in [0.4, 0.5) is 0 Å². The quantitative estimate of drug-likeness (QED) is 0.714. The molecule has 2 nitrogen and oxygen atoms in total. The topological polar surface area (TPSA) is 35.2 Å². The Kier molecular flexibility index (Phi) is 6.06. The zero-order valence-electron chi connectivity index (χ0n) is 13.3. The number of hydrogen-bond acceptors (Lipinski definition) is 2. The van der Waals surface area contributed by atoms with Crippen LogP contribution in [0.25, 0.3) is 10.8 Å². The van der Waals surface area contributed by atoms with E-state index < -0.39 is 0 Å². The summed E-state index contributed by atoms with van der Waals surface area (Å²) in [6, 6.07) is 12.8. The average molecular weight is 285 g/mol. The molecule has 0 aliphatic rings. The molecular formula is C19H27NO. The van der Waals surface area contributed by atoms with E-state index in [1.165, 1.54) is 35.6 Å². The molecule has 0 aliphatic carbocycles. The molecular weight excluding hydrogens is 258 g/mol. The average Bonchev–Trinajstić information content (AvgIpc) is 2.48. The SMILES string of the molecule is CCCCCCOc1ccc2ccccc2c1CC(C)N. The molecule has 0 saturated carbocycles. The van der Waals surface area contributed by atoms with Crippen LogP contribution in [-0.4, -0.2) is 12.6 Å². The summed E-state index contributed by atoms with van der Waals surface area (Å²) in [6.07, 6.45) is 5.76. The zero-order chi connectivity index (χ0) is 15.1. The van der Waals surface area contributed by atoms with E-state index in [0.29, 0.717) is 0 Å². The molecule has 0 amide bonds. The monoisotopic (exact) mass is 285 g/mol. The van der Waals surface area contributed by atoms with E-state index in [0.717, 1.165) is 25.2 Å². The maximum Gasteiger partial charge on any atom is 0.123 e. The van der Waals surface area contributed by atoms with Gasteiger partial charge in [0.2, 0.25) is 0 Å². The Balaban J connectivity index is 2.17. The lowest BCUT2D eigenvalue weighted by Crippen LogP contribution is -2.18. The highest BCUT2D eigenvalue weighted by atomic mass is 16.5. The van der Waals surface area contributed by atoms with Crippen molar-refractivity contribution in [3.05, 3.63) is 42.0 Å². The minimum Gasteiger partial charge on any atom is -0.493 e. The molecule has 114 valence electrons. The molecule has 2 heteroatoms. The van der Waals surface area contributed by atoms with E-state index in [1.54, 1.807) is 0 Å². The van der Waals surface area contributed by atoms with E-state index in [2.05, 4.69) is 43.3 Å². The van der Waals surface area contributed by atoms with Crippen LogP contribution in [0.3, 0.4) is 0 Å². The second-order valence-corrected chi connectivity index (χ2v) is 5.85. The Morgan fingerprint density at radius 3 is 2.62 bits per heavy atom. The molecule has 0 radical (unpaired) electrons. The number of rotatable bonds is 8. The molecule has 2 aromatic rings. The Morgan fingerprint density at radius 2 is 1.86 bits per heavy atom. The van der Waals surface area contributed by atoms with Gasteiger partial charge in [-0.1, -0.05) is 56.5 Å². The maximum atomic E-state index is 6.04. The molecule has 2 aromatic carbocycles. The molecule has 21 heavy (non-hydrogen) atoms. The van der Waals surface area contributed by atoms with Crippen molar-refractivity contribution < 1.29 is 4.74 Å². The smallest absolute Gasteiger partial charge is 0.123 e. The van der Waals surface area contributed by atoms with E-state index >= 15 is 0 Å². The fourth-order valence-corrected chi connectivity index (χ4v) is 2.69. The molecule has 0 heterocycles. The van der Waals surface area contributed by atoms with Gasteiger partial charge in [-0.3, -0.25) is 0 Å². The van der Waals surface area contributed by atoms with Gasteiger partial charge < -0.3 is 10.5 Å². The lowest BCUT2D eigenvalue weighted by molar-refractivity contribution is 0.302. The van der Waals surface area contributed by atoms with Crippen molar-refractivity contribution in [2.75, 3.05) is 6.61 Å². The first-order valence-corrected chi connectivity index (χ1v) is 8.11. The third-order valence-electron chi connectivity index (χ3n) is 3.78. The van der Waals surface area contributed by atoms with E-state index in [-0.39, 0.29) is 6.04 Å². The largest absolute Gasteiger partial charge is 0.493 e. The molecule has 0 saturated heterocycles. The van der Waals surface area contributed by atoms with Crippen molar-refractivity contribution in [3.63, 3.8) is 0 Å². The molecule has 2 rings (SSSR count). The van der Waals surface area contributed by atoms with Crippen LogP contribution in [0, 0.1) is 0 Å². The minimum absolute atomic E-state index is 0.137. The fourth-order valence-electron chi connectivity index (χ4n) is 2.69. The maximum absolute atomic E-state index is 6.04. The second kappa shape index (κ2) is 8.04. The highest BCUT2D eigenvalue weighted by molar-refractivity contribution is 5.87. The summed E-state index contributed by atoms with van der Waals surface area (Å²) in [6.45, 7) is 5.07. The van der Waals surface area contributed by atoms with Gasteiger partial charge in [-0.15, -0.1) is 0 Å². The number of fused-ring (bicyclic) bond motifs is 1. The van der Waals surface area contributed by atoms with Crippen LogP contribution in [0.15, 0.2) is 36.4 Å². The number of ether oxygens (including phenoxy) is 1. The van der Waals surface area contributed by atoms with Crippen LogP contribution in [0.2, 0.25) is 0 Å². The third-order valence-corrected chi connectivity index (χ3v) is 3.78. The highest BCUT2D eigenvalue weighted by Crippen LogP contribution is 2.29. The first kappa shape index (κ1) is 15.8. The predicted octanol–water partition coefficient (Wildman–Crippen LogP) is 4.69. The van der Waals surface area contributed by atoms with Crippen molar-refractivity contribution in [2.45, 2.75) is 52.0 Å². The molecule has 0 aliphatic heterocycles. The summed E-state index contributed by atoms with van der Waals surface area (Å²) < 4.78 is 6.04. The molecule has 1 atom stereocenters.